The molecule has 1 aliphatic rings. The topological polar surface area (TPSA) is 51.4 Å². The Hall–Kier alpha value is -1.29. The number of hydrogen-bond donors (Lipinski definition) is 1. The first-order valence-corrected chi connectivity index (χ1v) is 5.80. The molecule has 0 radical (unpaired) electrons. The zero-order valence-corrected chi connectivity index (χ0v) is 9.72. The lowest BCUT2D eigenvalue weighted by atomic mass is 10.0. The van der Waals surface area contributed by atoms with Crippen molar-refractivity contribution in [2.75, 3.05) is 25.9 Å². The fourth-order valence-electron chi connectivity index (χ4n) is 2.06. The Morgan fingerprint density at radius 1 is 1.56 bits per heavy atom. The number of ether oxygens (including phenoxy) is 1. The number of anilines is 1. The van der Waals surface area contributed by atoms with Gasteiger partial charge in [-0.25, -0.2) is 4.98 Å². The molecule has 2 heterocycles. The summed E-state index contributed by atoms with van der Waals surface area (Å²) in [5.41, 5.74) is 5.59. The van der Waals surface area contributed by atoms with Gasteiger partial charge < -0.3 is 15.4 Å². The first-order chi connectivity index (χ1) is 7.75. The van der Waals surface area contributed by atoms with Crippen molar-refractivity contribution in [1.82, 2.24) is 9.88 Å². The van der Waals surface area contributed by atoms with E-state index in [0.29, 0.717) is 11.9 Å². The van der Waals surface area contributed by atoms with Gasteiger partial charge in [0.1, 0.15) is 18.2 Å². The molecule has 0 amide bonds. The Morgan fingerprint density at radius 3 is 3.19 bits per heavy atom. The van der Waals surface area contributed by atoms with Gasteiger partial charge in [0.2, 0.25) is 0 Å². The van der Waals surface area contributed by atoms with Crippen LogP contribution in [0, 0.1) is 0 Å². The number of rotatable bonds is 3. The van der Waals surface area contributed by atoms with E-state index in [2.05, 4.69) is 16.9 Å². The monoisotopic (exact) mass is 221 g/mol. The van der Waals surface area contributed by atoms with Gasteiger partial charge in [0, 0.05) is 18.3 Å². The van der Waals surface area contributed by atoms with E-state index in [4.69, 9.17) is 10.5 Å². The largest absolute Gasteiger partial charge is 0.492 e. The van der Waals surface area contributed by atoms with E-state index in [1.807, 2.05) is 6.07 Å². The molecular weight excluding hydrogens is 202 g/mol. The Morgan fingerprint density at radius 2 is 2.44 bits per heavy atom. The molecule has 0 aromatic carbocycles. The molecule has 0 spiro atoms. The average Bonchev–Trinajstić information content (AvgIpc) is 2.28. The summed E-state index contributed by atoms with van der Waals surface area (Å²) < 4.78 is 5.74. The van der Waals surface area contributed by atoms with Crippen LogP contribution in [0.2, 0.25) is 0 Å². The van der Waals surface area contributed by atoms with Gasteiger partial charge in [-0.1, -0.05) is 6.42 Å². The summed E-state index contributed by atoms with van der Waals surface area (Å²) in [6.45, 7) is 1.91. The van der Waals surface area contributed by atoms with E-state index in [0.717, 1.165) is 12.4 Å². The van der Waals surface area contributed by atoms with Crippen molar-refractivity contribution in [2.45, 2.75) is 25.3 Å². The fourth-order valence-corrected chi connectivity index (χ4v) is 2.06. The summed E-state index contributed by atoms with van der Waals surface area (Å²) in [6.07, 6.45) is 5.50. The fraction of sp³-hybridized carbons (Fsp3) is 0.583. The van der Waals surface area contributed by atoms with Crippen LogP contribution in [0.15, 0.2) is 18.3 Å². The molecule has 2 rings (SSSR count). The predicted octanol–water partition coefficient (Wildman–Crippen LogP) is 1.53. The molecule has 1 saturated heterocycles. The Bertz CT molecular complexity index is 343. The van der Waals surface area contributed by atoms with Crippen molar-refractivity contribution in [2.24, 2.45) is 0 Å². The minimum atomic E-state index is 0.509. The molecule has 2 N–H and O–H groups in total. The van der Waals surface area contributed by atoms with Crippen LogP contribution in [0.1, 0.15) is 19.3 Å². The van der Waals surface area contributed by atoms with Crippen LogP contribution in [0.25, 0.3) is 0 Å². The second-order valence-electron chi connectivity index (χ2n) is 4.36. The lowest BCUT2D eigenvalue weighted by molar-refractivity contribution is 0.125. The van der Waals surface area contributed by atoms with Crippen LogP contribution >= 0.6 is 0 Å². The highest BCUT2D eigenvalue weighted by Gasteiger charge is 2.19. The lowest BCUT2D eigenvalue weighted by Crippen LogP contribution is -2.40. The minimum Gasteiger partial charge on any atom is -0.492 e. The highest BCUT2D eigenvalue weighted by Crippen LogP contribution is 2.17. The number of nitrogens with two attached hydrogens (primary N) is 1. The second kappa shape index (κ2) is 5.16. The molecule has 1 atom stereocenters. The number of likely N-dealkylation sites (N-methyl/N-ethyl adjacent to an activating group) is 1. The molecule has 4 nitrogen and oxygen atoms in total. The molecule has 1 unspecified atom stereocenters. The third kappa shape index (κ3) is 2.85. The van der Waals surface area contributed by atoms with Gasteiger partial charge >= 0.3 is 0 Å². The number of aromatic nitrogens is 1. The molecular formula is C12H19N3O. The van der Waals surface area contributed by atoms with Crippen LogP contribution in [0.5, 0.6) is 5.75 Å². The number of pyridine rings is 1. The first-order valence-electron chi connectivity index (χ1n) is 5.80. The van der Waals surface area contributed by atoms with E-state index in [-0.39, 0.29) is 0 Å². The molecule has 0 saturated carbocycles. The van der Waals surface area contributed by atoms with Crippen molar-refractivity contribution >= 4 is 5.82 Å². The molecule has 1 aliphatic heterocycles. The summed E-state index contributed by atoms with van der Waals surface area (Å²) in [5, 5.41) is 0. The molecule has 16 heavy (non-hydrogen) atoms. The van der Waals surface area contributed by atoms with Crippen LogP contribution < -0.4 is 10.5 Å². The third-order valence-corrected chi connectivity index (χ3v) is 3.12. The summed E-state index contributed by atoms with van der Waals surface area (Å²) >= 11 is 0. The molecule has 1 aromatic rings. The van der Waals surface area contributed by atoms with Gasteiger partial charge in [0.05, 0.1) is 0 Å². The second-order valence-corrected chi connectivity index (χ2v) is 4.36. The smallest absolute Gasteiger partial charge is 0.126 e. The van der Waals surface area contributed by atoms with E-state index in [9.17, 15) is 0 Å². The van der Waals surface area contributed by atoms with E-state index in [1.165, 1.54) is 25.8 Å². The van der Waals surface area contributed by atoms with E-state index < -0.39 is 0 Å². The van der Waals surface area contributed by atoms with Crippen molar-refractivity contribution in [1.29, 1.82) is 0 Å². The zero-order chi connectivity index (χ0) is 11.4. The molecule has 1 aromatic heterocycles. The van der Waals surface area contributed by atoms with Crippen LogP contribution in [-0.4, -0.2) is 36.1 Å². The molecule has 0 aliphatic carbocycles. The third-order valence-electron chi connectivity index (χ3n) is 3.12. The van der Waals surface area contributed by atoms with Crippen LogP contribution in [0.4, 0.5) is 5.82 Å². The SMILES string of the molecule is CN1CCCCC1COc1ccnc(N)c1. The lowest BCUT2D eigenvalue weighted by Gasteiger charge is -2.32. The molecule has 88 valence electrons. The van der Waals surface area contributed by atoms with Crippen molar-refractivity contribution in [3.8, 4) is 5.75 Å². The molecule has 1 fully saturated rings. The maximum absolute atomic E-state index is 5.74. The van der Waals surface area contributed by atoms with Gasteiger partial charge in [-0.3, -0.25) is 0 Å². The molecule has 4 heteroatoms. The predicted molar refractivity (Wildman–Crippen MR) is 64.4 cm³/mol. The molecule has 0 bridgehead atoms. The summed E-state index contributed by atoms with van der Waals surface area (Å²) in [4.78, 5) is 6.31. The van der Waals surface area contributed by atoms with Gasteiger partial charge in [-0.05, 0) is 32.5 Å². The van der Waals surface area contributed by atoms with Gasteiger partial charge in [-0.2, -0.15) is 0 Å². The quantitative estimate of drug-likeness (QED) is 0.841. The Kier molecular flexibility index (Phi) is 3.62. The van der Waals surface area contributed by atoms with Crippen LogP contribution in [0.3, 0.4) is 0 Å². The van der Waals surface area contributed by atoms with Crippen LogP contribution in [-0.2, 0) is 0 Å². The maximum Gasteiger partial charge on any atom is 0.126 e. The van der Waals surface area contributed by atoms with Crippen molar-refractivity contribution in [3.05, 3.63) is 18.3 Å². The number of nitrogens with zero attached hydrogens (tertiary/aromatic N) is 2. The minimum absolute atomic E-state index is 0.509. The summed E-state index contributed by atoms with van der Waals surface area (Å²) in [6, 6.07) is 4.14. The number of likely N-dealkylation sites (tertiary alicyclic amines) is 1. The van der Waals surface area contributed by atoms with Crippen molar-refractivity contribution < 1.29 is 4.74 Å². The number of hydrogen-bond acceptors (Lipinski definition) is 4. The number of nitrogen functional groups attached to an aromatic ring is 1. The Labute approximate surface area is 96.4 Å². The highest BCUT2D eigenvalue weighted by atomic mass is 16.5. The standard InChI is InChI=1S/C12H19N3O/c1-15-7-3-2-4-10(15)9-16-11-5-6-14-12(13)8-11/h5-6,8,10H,2-4,7,9H2,1H3,(H2,13,14). The highest BCUT2D eigenvalue weighted by molar-refractivity contribution is 5.35. The van der Waals surface area contributed by atoms with E-state index >= 15 is 0 Å². The van der Waals surface area contributed by atoms with Gasteiger partial charge in [0.15, 0.2) is 0 Å². The average molecular weight is 221 g/mol. The van der Waals surface area contributed by atoms with Gasteiger partial charge in [0.25, 0.3) is 0 Å². The summed E-state index contributed by atoms with van der Waals surface area (Å²) in [7, 11) is 2.16. The maximum atomic E-state index is 5.74. The zero-order valence-electron chi connectivity index (χ0n) is 9.72. The van der Waals surface area contributed by atoms with Crippen molar-refractivity contribution in [3.63, 3.8) is 0 Å². The number of piperidine rings is 1. The Balaban J connectivity index is 1.86. The van der Waals surface area contributed by atoms with Gasteiger partial charge in [-0.15, -0.1) is 0 Å². The summed E-state index contributed by atoms with van der Waals surface area (Å²) in [5.74, 6) is 1.32. The van der Waals surface area contributed by atoms with E-state index in [1.54, 1.807) is 12.3 Å². The first kappa shape index (κ1) is 11.2. The normalized spacial score (nSPS) is 21.9.